The third kappa shape index (κ3) is 3.94. The minimum absolute atomic E-state index is 0.106. The summed E-state index contributed by atoms with van der Waals surface area (Å²) in [4.78, 5) is 23.0. The van der Waals surface area contributed by atoms with Crippen LogP contribution in [-0.4, -0.2) is 34.8 Å². The predicted molar refractivity (Wildman–Crippen MR) is 75.7 cm³/mol. The van der Waals surface area contributed by atoms with Crippen molar-refractivity contribution in [1.82, 2.24) is 15.1 Å². The van der Waals surface area contributed by atoms with Crippen LogP contribution >= 0.6 is 0 Å². The van der Waals surface area contributed by atoms with E-state index in [0.29, 0.717) is 5.56 Å². The van der Waals surface area contributed by atoms with Crippen LogP contribution in [0.15, 0.2) is 42.7 Å². The Morgan fingerprint density at radius 1 is 1.33 bits per heavy atom. The molecule has 2 aromatic rings. The summed E-state index contributed by atoms with van der Waals surface area (Å²) in [7, 11) is 0. The summed E-state index contributed by atoms with van der Waals surface area (Å²) in [6.07, 6.45) is 8.46. The predicted octanol–water partition coefficient (Wildman–Crippen LogP) is 0.778. The fraction of sp³-hybridized carbons (Fsp3) is 0.133. The average molecular weight is 283 g/mol. The fourth-order valence-corrected chi connectivity index (χ4v) is 1.59. The fourth-order valence-electron chi connectivity index (χ4n) is 1.59. The van der Waals surface area contributed by atoms with Gasteiger partial charge < -0.3 is 10.1 Å². The number of aromatic nitrogens is 2. The molecule has 0 aliphatic heterocycles. The molecule has 0 aliphatic rings. The molecule has 0 saturated carbocycles. The molecule has 1 amide bonds. The van der Waals surface area contributed by atoms with Gasteiger partial charge in [-0.1, -0.05) is 5.92 Å². The number of hydrogen-bond acceptors (Lipinski definition) is 4. The highest BCUT2D eigenvalue weighted by Gasteiger charge is 2.10. The van der Waals surface area contributed by atoms with Crippen LogP contribution in [0.4, 0.5) is 0 Å². The lowest BCUT2D eigenvalue weighted by Gasteiger charge is -2.06. The van der Waals surface area contributed by atoms with Gasteiger partial charge in [0.2, 0.25) is 0 Å². The topological polar surface area (TPSA) is 73.2 Å². The number of benzene rings is 1. The zero-order valence-corrected chi connectivity index (χ0v) is 11.2. The summed E-state index contributed by atoms with van der Waals surface area (Å²) >= 11 is 0. The number of nitrogens with zero attached hydrogens (tertiary/aromatic N) is 2. The first-order valence-corrected chi connectivity index (χ1v) is 6.18. The number of hydrogen-bond donors (Lipinski definition) is 1. The zero-order chi connectivity index (χ0) is 15.1. The molecule has 6 heteroatoms. The molecule has 0 saturated heterocycles. The Balaban J connectivity index is 1.91. The van der Waals surface area contributed by atoms with Gasteiger partial charge in [-0.2, -0.15) is 5.10 Å². The highest BCUT2D eigenvalue weighted by atomic mass is 16.5. The summed E-state index contributed by atoms with van der Waals surface area (Å²) in [5, 5.41) is 6.48. The second kappa shape index (κ2) is 6.91. The molecule has 1 heterocycles. The van der Waals surface area contributed by atoms with Gasteiger partial charge in [0.15, 0.2) is 6.61 Å². The normalized spacial score (nSPS) is 9.67. The number of esters is 1. The van der Waals surface area contributed by atoms with E-state index >= 15 is 0 Å². The van der Waals surface area contributed by atoms with E-state index in [1.54, 1.807) is 47.4 Å². The van der Waals surface area contributed by atoms with Gasteiger partial charge in [0.05, 0.1) is 17.8 Å². The summed E-state index contributed by atoms with van der Waals surface area (Å²) in [6, 6.07) is 8.50. The van der Waals surface area contributed by atoms with Gasteiger partial charge in [-0.3, -0.25) is 4.79 Å². The standard InChI is InChI=1S/C15H13N3O3/c1-2-8-16-14(19)11-21-15(20)12-4-6-13(7-5-12)18-10-3-9-17-18/h1,3-7,9-10H,8,11H2,(H,16,19). The number of carbonyl (C=O) groups is 2. The van der Waals surface area contributed by atoms with Crippen LogP contribution in [0.5, 0.6) is 0 Å². The SMILES string of the molecule is C#CCNC(=O)COC(=O)c1ccc(-n2cccn2)cc1. The molecule has 0 radical (unpaired) electrons. The van der Waals surface area contributed by atoms with Gasteiger partial charge in [0.25, 0.3) is 5.91 Å². The van der Waals surface area contributed by atoms with Crippen molar-refractivity contribution >= 4 is 11.9 Å². The van der Waals surface area contributed by atoms with E-state index < -0.39 is 11.9 Å². The number of amides is 1. The number of terminal acetylenes is 1. The monoisotopic (exact) mass is 283 g/mol. The molecule has 21 heavy (non-hydrogen) atoms. The largest absolute Gasteiger partial charge is 0.452 e. The second-order valence-electron chi connectivity index (χ2n) is 4.05. The zero-order valence-electron chi connectivity index (χ0n) is 11.2. The van der Waals surface area contributed by atoms with Crippen molar-refractivity contribution in [3.63, 3.8) is 0 Å². The van der Waals surface area contributed by atoms with Gasteiger partial charge >= 0.3 is 5.97 Å². The molecule has 0 unspecified atom stereocenters. The first-order valence-electron chi connectivity index (χ1n) is 6.18. The van der Waals surface area contributed by atoms with Crippen molar-refractivity contribution in [2.45, 2.75) is 0 Å². The molecule has 1 aromatic heterocycles. The van der Waals surface area contributed by atoms with Crippen molar-refractivity contribution in [2.24, 2.45) is 0 Å². The van der Waals surface area contributed by atoms with Gasteiger partial charge in [-0.05, 0) is 30.3 Å². The minimum atomic E-state index is -0.571. The summed E-state index contributed by atoms with van der Waals surface area (Å²) in [5.41, 5.74) is 1.18. The lowest BCUT2D eigenvalue weighted by atomic mass is 10.2. The molecule has 0 fully saturated rings. The summed E-state index contributed by atoms with van der Waals surface area (Å²) < 4.78 is 6.54. The van der Waals surface area contributed by atoms with E-state index in [1.807, 2.05) is 0 Å². The van der Waals surface area contributed by atoms with Gasteiger partial charge in [-0.25, -0.2) is 9.48 Å². The number of ether oxygens (including phenoxy) is 1. The number of rotatable bonds is 5. The van der Waals surface area contributed by atoms with E-state index in [9.17, 15) is 9.59 Å². The first kappa shape index (κ1) is 14.3. The molecule has 1 N–H and O–H groups in total. The molecular weight excluding hydrogens is 270 g/mol. The van der Waals surface area contributed by atoms with Crippen LogP contribution in [0.25, 0.3) is 5.69 Å². The Labute approximate surface area is 121 Å². The first-order chi connectivity index (χ1) is 10.2. The van der Waals surface area contributed by atoms with Crippen molar-refractivity contribution < 1.29 is 14.3 Å². The van der Waals surface area contributed by atoms with Crippen LogP contribution in [0.3, 0.4) is 0 Å². The van der Waals surface area contributed by atoms with E-state index in [2.05, 4.69) is 16.3 Å². The van der Waals surface area contributed by atoms with Crippen LogP contribution in [-0.2, 0) is 9.53 Å². The Morgan fingerprint density at radius 3 is 2.71 bits per heavy atom. The Morgan fingerprint density at radius 2 is 2.10 bits per heavy atom. The molecule has 0 spiro atoms. The summed E-state index contributed by atoms with van der Waals surface area (Å²) in [6.45, 7) is -0.254. The quantitative estimate of drug-likeness (QED) is 0.650. The lowest BCUT2D eigenvalue weighted by Crippen LogP contribution is -2.28. The molecule has 106 valence electrons. The maximum absolute atomic E-state index is 11.8. The van der Waals surface area contributed by atoms with E-state index in [4.69, 9.17) is 11.2 Å². The molecule has 0 aliphatic carbocycles. The lowest BCUT2D eigenvalue weighted by molar-refractivity contribution is -0.123. The maximum Gasteiger partial charge on any atom is 0.338 e. The third-order valence-electron chi connectivity index (χ3n) is 2.59. The van der Waals surface area contributed by atoms with Crippen LogP contribution in [0, 0.1) is 12.3 Å². The van der Waals surface area contributed by atoms with E-state index in [0.717, 1.165) is 5.69 Å². The van der Waals surface area contributed by atoms with Gasteiger partial charge in [0, 0.05) is 12.4 Å². The number of carbonyl (C=O) groups excluding carboxylic acids is 2. The molecule has 2 rings (SSSR count). The minimum Gasteiger partial charge on any atom is -0.452 e. The van der Waals surface area contributed by atoms with Crippen molar-refractivity contribution in [2.75, 3.05) is 13.2 Å². The molecule has 0 bridgehead atoms. The van der Waals surface area contributed by atoms with E-state index in [1.165, 1.54) is 0 Å². The second-order valence-corrected chi connectivity index (χ2v) is 4.05. The Bertz CT molecular complexity index is 654. The Kier molecular flexibility index (Phi) is 4.72. The van der Waals surface area contributed by atoms with Crippen molar-refractivity contribution in [3.05, 3.63) is 48.3 Å². The van der Waals surface area contributed by atoms with Crippen molar-refractivity contribution in [3.8, 4) is 18.0 Å². The molecular formula is C15H13N3O3. The van der Waals surface area contributed by atoms with Crippen molar-refractivity contribution in [1.29, 1.82) is 0 Å². The smallest absolute Gasteiger partial charge is 0.338 e. The maximum atomic E-state index is 11.8. The average Bonchev–Trinajstić information content (AvgIpc) is 3.05. The van der Waals surface area contributed by atoms with E-state index in [-0.39, 0.29) is 13.2 Å². The van der Waals surface area contributed by atoms with Gasteiger partial charge in [0.1, 0.15) is 0 Å². The van der Waals surface area contributed by atoms with Crippen LogP contribution in [0.1, 0.15) is 10.4 Å². The molecule has 0 atom stereocenters. The highest BCUT2D eigenvalue weighted by Crippen LogP contribution is 2.09. The van der Waals surface area contributed by atoms with Crippen LogP contribution in [0.2, 0.25) is 0 Å². The van der Waals surface area contributed by atoms with Gasteiger partial charge in [-0.15, -0.1) is 6.42 Å². The molecule has 6 nitrogen and oxygen atoms in total. The van der Waals surface area contributed by atoms with Crippen LogP contribution < -0.4 is 5.32 Å². The molecule has 1 aromatic carbocycles. The number of nitrogens with one attached hydrogen (secondary N) is 1. The highest BCUT2D eigenvalue weighted by molar-refractivity contribution is 5.91. The Hall–Kier alpha value is -3.07. The summed E-state index contributed by atoms with van der Waals surface area (Å²) in [5.74, 6) is 1.25. The third-order valence-corrected chi connectivity index (χ3v) is 2.59.